The molecular weight excluding hydrogens is 136 g/mol. The molecule has 0 bridgehead atoms. The lowest BCUT2D eigenvalue weighted by Gasteiger charge is -1.89. The summed E-state index contributed by atoms with van der Waals surface area (Å²) in [6.07, 6.45) is 5.34. The zero-order valence-corrected chi connectivity index (χ0v) is 7.31. The van der Waals surface area contributed by atoms with Crippen molar-refractivity contribution in [2.24, 2.45) is 0 Å². The zero-order valence-electron chi connectivity index (χ0n) is 7.31. The van der Waals surface area contributed by atoms with Crippen molar-refractivity contribution in [1.82, 2.24) is 10.2 Å². The van der Waals surface area contributed by atoms with Crippen LogP contribution >= 0.6 is 0 Å². The third-order valence-electron chi connectivity index (χ3n) is 1.71. The van der Waals surface area contributed by atoms with Crippen LogP contribution in [-0.2, 0) is 0 Å². The molecule has 0 aliphatic heterocycles. The lowest BCUT2D eigenvalue weighted by Crippen LogP contribution is -1.76. The van der Waals surface area contributed by atoms with Crippen molar-refractivity contribution in [3.63, 3.8) is 0 Å². The van der Waals surface area contributed by atoms with Crippen LogP contribution in [0.5, 0.6) is 0 Å². The van der Waals surface area contributed by atoms with Crippen molar-refractivity contribution in [3.8, 4) is 0 Å². The minimum atomic E-state index is 1.07. The Labute approximate surface area is 67.3 Å². The molecule has 0 atom stereocenters. The molecule has 2 nitrogen and oxygen atoms in total. The van der Waals surface area contributed by atoms with E-state index in [4.69, 9.17) is 0 Å². The van der Waals surface area contributed by atoms with E-state index < -0.39 is 0 Å². The molecule has 0 radical (unpaired) electrons. The summed E-state index contributed by atoms with van der Waals surface area (Å²) in [5.41, 5.74) is 3.45. The molecule has 1 rings (SSSR count). The fourth-order valence-corrected chi connectivity index (χ4v) is 1.04. The van der Waals surface area contributed by atoms with Crippen molar-refractivity contribution in [3.05, 3.63) is 23.0 Å². The van der Waals surface area contributed by atoms with Gasteiger partial charge in [0.15, 0.2) is 0 Å². The average Bonchev–Trinajstić information content (AvgIpc) is 2.29. The number of aromatic amines is 1. The number of allylic oxidation sites excluding steroid dienone is 1. The third-order valence-corrected chi connectivity index (χ3v) is 1.71. The van der Waals surface area contributed by atoms with Gasteiger partial charge < -0.3 is 0 Å². The summed E-state index contributed by atoms with van der Waals surface area (Å²) in [4.78, 5) is 0. The molecule has 1 aromatic heterocycles. The fourth-order valence-electron chi connectivity index (χ4n) is 1.04. The number of nitrogens with zero attached hydrogens (tertiary/aromatic N) is 1. The van der Waals surface area contributed by atoms with Crippen LogP contribution in [-0.4, -0.2) is 10.2 Å². The molecule has 0 saturated carbocycles. The van der Waals surface area contributed by atoms with Gasteiger partial charge >= 0.3 is 0 Å². The largest absolute Gasteiger partial charge is 0.282 e. The lowest BCUT2D eigenvalue weighted by atomic mass is 10.2. The molecular formula is C9H14N2. The monoisotopic (exact) mass is 150 g/mol. The first-order chi connectivity index (χ1) is 5.25. The summed E-state index contributed by atoms with van der Waals surface area (Å²) in [5, 5.41) is 7.04. The Morgan fingerprint density at radius 3 is 2.64 bits per heavy atom. The number of hydrogen-bond acceptors (Lipinski definition) is 1. The molecule has 0 spiro atoms. The van der Waals surface area contributed by atoms with Crippen LogP contribution in [0.25, 0.3) is 6.08 Å². The van der Waals surface area contributed by atoms with E-state index >= 15 is 0 Å². The highest BCUT2D eigenvalue weighted by atomic mass is 15.1. The molecule has 0 unspecified atom stereocenters. The highest BCUT2D eigenvalue weighted by Crippen LogP contribution is 2.11. The topological polar surface area (TPSA) is 28.7 Å². The van der Waals surface area contributed by atoms with Crippen LogP contribution in [0.1, 0.15) is 30.3 Å². The van der Waals surface area contributed by atoms with Crippen molar-refractivity contribution in [1.29, 1.82) is 0 Å². The van der Waals surface area contributed by atoms with Gasteiger partial charge in [0.25, 0.3) is 0 Å². The first-order valence-electron chi connectivity index (χ1n) is 3.93. The van der Waals surface area contributed by atoms with Crippen molar-refractivity contribution >= 4 is 6.08 Å². The van der Waals surface area contributed by atoms with Crippen LogP contribution in [0.15, 0.2) is 6.08 Å². The molecule has 0 aliphatic carbocycles. The molecule has 0 aliphatic rings. The van der Waals surface area contributed by atoms with Gasteiger partial charge in [-0.3, -0.25) is 5.10 Å². The quantitative estimate of drug-likeness (QED) is 0.689. The second-order valence-corrected chi connectivity index (χ2v) is 2.66. The van der Waals surface area contributed by atoms with Gasteiger partial charge in [0, 0.05) is 11.3 Å². The average molecular weight is 150 g/mol. The predicted molar refractivity (Wildman–Crippen MR) is 47.4 cm³/mol. The van der Waals surface area contributed by atoms with E-state index in [0.29, 0.717) is 0 Å². The molecule has 0 amide bonds. The smallest absolute Gasteiger partial charge is 0.0666 e. The molecule has 11 heavy (non-hydrogen) atoms. The zero-order chi connectivity index (χ0) is 8.27. The minimum absolute atomic E-state index is 1.07. The second-order valence-electron chi connectivity index (χ2n) is 2.66. The molecule has 2 heteroatoms. The highest BCUT2D eigenvalue weighted by Gasteiger charge is 2.00. The summed E-state index contributed by atoms with van der Waals surface area (Å²) >= 11 is 0. The van der Waals surface area contributed by atoms with Crippen LogP contribution in [0, 0.1) is 13.8 Å². The van der Waals surface area contributed by atoms with Crippen molar-refractivity contribution in [2.45, 2.75) is 27.2 Å². The van der Waals surface area contributed by atoms with Crippen molar-refractivity contribution in [2.75, 3.05) is 0 Å². The molecule has 60 valence electrons. The molecule has 1 aromatic rings. The van der Waals surface area contributed by atoms with Gasteiger partial charge in [-0.15, -0.1) is 0 Å². The maximum absolute atomic E-state index is 4.09. The van der Waals surface area contributed by atoms with Crippen LogP contribution in [0.3, 0.4) is 0 Å². The van der Waals surface area contributed by atoms with Gasteiger partial charge in [-0.05, 0) is 20.3 Å². The molecule has 1 heterocycles. The third kappa shape index (κ3) is 1.70. The van der Waals surface area contributed by atoms with Crippen LogP contribution < -0.4 is 0 Å². The molecule has 0 fully saturated rings. The highest BCUT2D eigenvalue weighted by molar-refractivity contribution is 5.53. The van der Waals surface area contributed by atoms with E-state index in [1.807, 2.05) is 13.8 Å². The van der Waals surface area contributed by atoms with E-state index in [-0.39, 0.29) is 0 Å². The summed E-state index contributed by atoms with van der Waals surface area (Å²) in [6.45, 7) is 6.18. The number of aryl methyl sites for hydroxylation is 2. The van der Waals surface area contributed by atoms with Gasteiger partial charge in [-0.2, -0.15) is 5.10 Å². The van der Waals surface area contributed by atoms with E-state index in [0.717, 1.165) is 17.8 Å². The minimum Gasteiger partial charge on any atom is -0.282 e. The first kappa shape index (κ1) is 8.05. The Morgan fingerprint density at radius 1 is 1.45 bits per heavy atom. The summed E-state index contributed by atoms with van der Waals surface area (Å²) in [5.74, 6) is 0. The summed E-state index contributed by atoms with van der Waals surface area (Å²) < 4.78 is 0. The predicted octanol–water partition coefficient (Wildman–Crippen LogP) is 2.45. The Kier molecular flexibility index (Phi) is 2.47. The van der Waals surface area contributed by atoms with E-state index in [1.165, 1.54) is 5.56 Å². The Balaban J connectivity index is 2.92. The van der Waals surface area contributed by atoms with Gasteiger partial charge in [0.05, 0.1) is 5.69 Å². The molecule has 0 saturated heterocycles. The Hall–Kier alpha value is -1.05. The first-order valence-corrected chi connectivity index (χ1v) is 3.93. The normalized spacial score (nSPS) is 11.2. The van der Waals surface area contributed by atoms with E-state index in [9.17, 15) is 0 Å². The Morgan fingerprint density at radius 2 is 2.18 bits per heavy atom. The number of nitrogens with one attached hydrogen (secondary N) is 1. The Bertz CT molecular complexity index is 239. The van der Waals surface area contributed by atoms with Crippen molar-refractivity contribution < 1.29 is 0 Å². The molecule has 1 N–H and O–H groups in total. The second kappa shape index (κ2) is 3.37. The summed E-state index contributed by atoms with van der Waals surface area (Å²) in [6, 6.07) is 0. The number of rotatable bonds is 2. The number of aromatic nitrogens is 2. The van der Waals surface area contributed by atoms with Crippen LogP contribution in [0.2, 0.25) is 0 Å². The number of H-pyrrole nitrogens is 1. The fraction of sp³-hybridized carbons (Fsp3) is 0.444. The van der Waals surface area contributed by atoms with Gasteiger partial charge in [-0.1, -0.05) is 19.1 Å². The summed E-state index contributed by atoms with van der Waals surface area (Å²) in [7, 11) is 0. The maximum atomic E-state index is 4.09. The molecule has 0 aromatic carbocycles. The van der Waals surface area contributed by atoms with Crippen LogP contribution in [0.4, 0.5) is 0 Å². The van der Waals surface area contributed by atoms with Gasteiger partial charge in [0.1, 0.15) is 0 Å². The van der Waals surface area contributed by atoms with E-state index in [1.54, 1.807) is 0 Å². The van der Waals surface area contributed by atoms with E-state index in [2.05, 4.69) is 29.3 Å². The lowest BCUT2D eigenvalue weighted by molar-refractivity contribution is 1.02. The maximum Gasteiger partial charge on any atom is 0.0666 e. The van der Waals surface area contributed by atoms with Gasteiger partial charge in [0.2, 0.25) is 0 Å². The SMILES string of the molecule is CC/C=C\c1c(C)n[nH]c1C. The number of hydrogen-bond donors (Lipinski definition) is 1. The standard InChI is InChI=1S/C9H14N2/c1-4-5-6-9-7(2)10-11-8(9)3/h5-6H,4H2,1-3H3,(H,10,11)/b6-5-. The van der Waals surface area contributed by atoms with Gasteiger partial charge in [-0.25, -0.2) is 0 Å².